The summed E-state index contributed by atoms with van der Waals surface area (Å²) in [5, 5.41) is 0. The predicted molar refractivity (Wildman–Crippen MR) is 46.2 cm³/mol. The predicted octanol–water partition coefficient (Wildman–Crippen LogP) is -0.733. The number of hydrogen-bond donors (Lipinski definition) is 2. The van der Waals surface area contributed by atoms with Crippen LogP contribution in [0.1, 0.15) is 0 Å². The van der Waals surface area contributed by atoms with Gasteiger partial charge in [-0.25, -0.2) is 0 Å². The maximum absolute atomic E-state index is 9.53. The molecule has 0 heterocycles. The van der Waals surface area contributed by atoms with Crippen molar-refractivity contribution in [2.24, 2.45) is 0 Å². The van der Waals surface area contributed by atoms with E-state index in [1.165, 1.54) is 0 Å². The Bertz CT molecular complexity index is 405. The molecule has 0 radical (unpaired) electrons. The van der Waals surface area contributed by atoms with Crippen LogP contribution in [0.3, 0.4) is 0 Å². The Labute approximate surface area is 89.9 Å². The molecule has 0 aliphatic rings. The molecule has 1 aromatic rings. The third-order valence-corrected chi connectivity index (χ3v) is 5.31. The normalized spacial score (nSPS) is 11.3. The Morgan fingerprint density at radius 1 is 0.667 bits per heavy atom. The standard InChI is InChI=1S/C6H6.H2O7Se2/c1-2-4-6-5-3-1;1-8(2,3)7-9(4,5)6/h1-6H;(H,1,2,3)(H,4,5,6). The first-order valence-corrected chi connectivity index (χ1v) is 9.09. The Kier molecular flexibility index (Phi) is 5.77. The quantitative estimate of drug-likeness (QED) is 0.675. The second-order valence-electron chi connectivity index (χ2n) is 2.08. The molecule has 0 bridgehead atoms. The molecule has 0 saturated heterocycles. The fourth-order valence-corrected chi connectivity index (χ4v) is 3.32. The van der Waals surface area contributed by atoms with Crippen LogP contribution < -0.4 is 0 Å². The van der Waals surface area contributed by atoms with Gasteiger partial charge in [-0.2, -0.15) is 0 Å². The molecule has 0 aromatic heterocycles. The van der Waals surface area contributed by atoms with Crippen LogP contribution in [-0.2, 0) is 18.2 Å². The van der Waals surface area contributed by atoms with Gasteiger partial charge in [-0.3, -0.25) is 0 Å². The summed E-state index contributed by atoms with van der Waals surface area (Å²) >= 11 is -11.5. The maximum atomic E-state index is 9.53. The third-order valence-electron chi connectivity index (χ3n) is 0.839. The first-order chi connectivity index (χ1) is 6.71. The summed E-state index contributed by atoms with van der Waals surface area (Å²) in [5.41, 5.74) is 0. The van der Waals surface area contributed by atoms with Crippen molar-refractivity contribution in [3.8, 4) is 0 Å². The zero-order valence-electron chi connectivity index (χ0n) is 7.22. The number of rotatable bonds is 2. The van der Waals surface area contributed by atoms with Gasteiger partial charge in [-0.1, -0.05) is 36.4 Å². The van der Waals surface area contributed by atoms with E-state index in [4.69, 9.17) is 8.38 Å². The summed E-state index contributed by atoms with van der Waals surface area (Å²) in [6, 6.07) is 12.0. The Hall–Kier alpha value is -0.661. The van der Waals surface area contributed by atoms with Gasteiger partial charge in [0, 0.05) is 0 Å². The molecule has 7 nitrogen and oxygen atoms in total. The maximum Gasteiger partial charge on any atom is -0.0623 e. The fraction of sp³-hybridized carbons (Fsp3) is 0. The van der Waals surface area contributed by atoms with Gasteiger partial charge in [-0.15, -0.1) is 0 Å². The topological polar surface area (TPSA) is 118 Å². The minimum Gasteiger partial charge on any atom is -0.0623 e. The molecule has 86 valence electrons. The van der Waals surface area contributed by atoms with E-state index in [1.807, 2.05) is 36.4 Å². The molecular formula is C6H8O7Se2. The van der Waals surface area contributed by atoms with Crippen molar-refractivity contribution in [2.75, 3.05) is 0 Å². The summed E-state index contributed by atoms with van der Waals surface area (Å²) < 4.78 is 56.3. The molecule has 0 saturated carbocycles. The van der Waals surface area contributed by atoms with Crippen LogP contribution in [0.4, 0.5) is 0 Å². The van der Waals surface area contributed by atoms with Crippen LogP contribution in [0, 0.1) is 0 Å². The minimum atomic E-state index is -5.76. The average molecular weight is 350 g/mol. The van der Waals surface area contributed by atoms with Crippen molar-refractivity contribution in [1.82, 2.24) is 0 Å². The molecule has 1 rings (SSSR count). The van der Waals surface area contributed by atoms with Crippen LogP contribution in [0.5, 0.6) is 0 Å². The molecule has 2 N–H and O–H groups in total. The van der Waals surface area contributed by atoms with Gasteiger partial charge in [0.15, 0.2) is 0 Å². The summed E-state index contributed by atoms with van der Waals surface area (Å²) in [4.78, 5) is 0. The van der Waals surface area contributed by atoms with Crippen LogP contribution in [0.2, 0.25) is 0 Å². The van der Waals surface area contributed by atoms with Crippen molar-refractivity contribution in [3.63, 3.8) is 0 Å². The molecule has 1 aromatic carbocycles. The van der Waals surface area contributed by atoms with Gasteiger partial charge in [0.1, 0.15) is 0 Å². The van der Waals surface area contributed by atoms with E-state index in [-0.39, 0.29) is 0 Å². The minimum absolute atomic E-state index is 2.00. The van der Waals surface area contributed by atoms with Crippen molar-refractivity contribution in [2.45, 2.75) is 0 Å². The molecular weight excluding hydrogens is 342 g/mol. The van der Waals surface area contributed by atoms with Gasteiger partial charge in [0.2, 0.25) is 0 Å². The van der Waals surface area contributed by atoms with Gasteiger partial charge < -0.3 is 0 Å². The van der Waals surface area contributed by atoms with Gasteiger partial charge in [0.05, 0.1) is 0 Å². The molecule has 15 heavy (non-hydrogen) atoms. The Morgan fingerprint density at radius 2 is 0.867 bits per heavy atom. The second-order valence-corrected chi connectivity index (χ2v) is 7.44. The van der Waals surface area contributed by atoms with Crippen molar-refractivity contribution >= 4 is 26.7 Å². The summed E-state index contributed by atoms with van der Waals surface area (Å²) in [7, 11) is 0. The van der Waals surface area contributed by atoms with Gasteiger partial charge >= 0.3 is 53.4 Å². The van der Waals surface area contributed by atoms with Crippen LogP contribution in [0.25, 0.3) is 0 Å². The smallest absolute Gasteiger partial charge is 0.0623 e. The van der Waals surface area contributed by atoms with Crippen LogP contribution in [-0.4, -0.2) is 35.1 Å². The van der Waals surface area contributed by atoms with Crippen LogP contribution in [0.15, 0.2) is 36.4 Å². The second kappa shape index (κ2) is 6.04. The first-order valence-electron chi connectivity index (χ1n) is 3.37. The monoisotopic (exact) mass is 352 g/mol. The van der Waals surface area contributed by atoms with E-state index in [0.29, 0.717) is 0 Å². The van der Waals surface area contributed by atoms with Crippen molar-refractivity contribution in [1.29, 1.82) is 0 Å². The van der Waals surface area contributed by atoms with Crippen LogP contribution >= 0.6 is 0 Å². The molecule has 0 atom stereocenters. The SMILES string of the molecule is O=[Se](=O)(O)O[Se](=O)(=O)O.c1ccccc1. The summed E-state index contributed by atoms with van der Waals surface area (Å²) in [6.45, 7) is 0. The third kappa shape index (κ3) is 13.3. The number of hydrogen-bond acceptors (Lipinski definition) is 5. The van der Waals surface area contributed by atoms with Gasteiger partial charge in [-0.05, 0) is 0 Å². The number of benzene rings is 1. The van der Waals surface area contributed by atoms with E-state index in [1.54, 1.807) is 0 Å². The zero-order valence-corrected chi connectivity index (χ0v) is 10.6. The molecule has 0 spiro atoms. The van der Waals surface area contributed by atoms with E-state index >= 15 is 0 Å². The first kappa shape index (κ1) is 14.3. The average Bonchev–Trinajstić information content (AvgIpc) is 2.01. The molecule has 0 fully saturated rings. The Morgan fingerprint density at radius 3 is 0.933 bits per heavy atom. The molecule has 0 amide bonds. The van der Waals surface area contributed by atoms with E-state index < -0.39 is 26.7 Å². The summed E-state index contributed by atoms with van der Waals surface area (Å²) in [5.74, 6) is 0. The molecule has 0 unspecified atom stereocenters. The largest absolute Gasteiger partial charge is 0.0623 e. The molecule has 9 heteroatoms. The van der Waals surface area contributed by atoms with E-state index in [0.717, 1.165) is 0 Å². The van der Waals surface area contributed by atoms with E-state index in [9.17, 15) is 15.3 Å². The molecule has 0 aliphatic carbocycles. The summed E-state index contributed by atoms with van der Waals surface area (Å²) in [6.07, 6.45) is 0. The Balaban J connectivity index is 0.000000280. The van der Waals surface area contributed by atoms with E-state index in [2.05, 4.69) is 2.90 Å². The molecule has 0 aliphatic heterocycles. The zero-order chi connectivity index (χ0) is 11.9. The fourth-order valence-electron chi connectivity index (χ4n) is 0.494. The van der Waals surface area contributed by atoms with Gasteiger partial charge in [0.25, 0.3) is 0 Å². The van der Waals surface area contributed by atoms with Crippen molar-refractivity contribution < 1.29 is 26.6 Å². The van der Waals surface area contributed by atoms with Crippen molar-refractivity contribution in [3.05, 3.63) is 36.4 Å².